The van der Waals surface area contributed by atoms with E-state index in [0.717, 1.165) is 0 Å². The van der Waals surface area contributed by atoms with E-state index in [1.165, 1.54) is 31.3 Å². The van der Waals surface area contributed by atoms with Crippen LogP contribution in [0.2, 0.25) is 0 Å². The number of alkyl halides is 1. The lowest BCUT2D eigenvalue weighted by molar-refractivity contribution is -0.257. The van der Waals surface area contributed by atoms with Crippen LogP contribution in [0.4, 0.5) is 4.39 Å². The van der Waals surface area contributed by atoms with Crippen LogP contribution in [0, 0.1) is 0 Å². The lowest BCUT2D eigenvalue weighted by atomic mass is 9.81. The number of aromatic nitrogens is 1. The standard InChI is InChI=1S/C26H23FN2O8/c1-11-24(36-15(30)8-9-28)23(34)18(27)26(35-11)37-25-19-14(7-4-10-29-19)16-17(22(25)33)21(32)13-6-3-2-5-12(13)20(16)31/h2-7,10-11,18,23-24,26,33-34H,8-9,28H2,1H3/t11-,18+,23-,24+,26-/m0/s1. The summed E-state index contributed by atoms with van der Waals surface area (Å²) in [4.78, 5) is 42.7. The average molecular weight is 510 g/mol. The summed E-state index contributed by atoms with van der Waals surface area (Å²) in [5.41, 5.74) is 5.27. The zero-order chi connectivity index (χ0) is 26.4. The molecule has 10 nitrogen and oxygen atoms in total. The molecule has 3 aromatic rings. The number of esters is 1. The summed E-state index contributed by atoms with van der Waals surface area (Å²) >= 11 is 0. The van der Waals surface area contributed by atoms with Crippen LogP contribution in [0.15, 0.2) is 42.6 Å². The number of carbonyl (C=O) groups is 3. The van der Waals surface area contributed by atoms with Gasteiger partial charge in [0.05, 0.1) is 18.1 Å². The molecule has 1 saturated heterocycles. The molecule has 5 atom stereocenters. The molecule has 2 heterocycles. The number of hydrogen-bond acceptors (Lipinski definition) is 10. The molecule has 1 aromatic heterocycles. The van der Waals surface area contributed by atoms with Gasteiger partial charge in [0, 0.05) is 34.8 Å². The summed E-state index contributed by atoms with van der Waals surface area (Å²) in [6.45, 7) is 1.47. The fraction of sp³-hybridized carbons (Fsp3) is 0.308. The highest BCUT2D eigenvalue weighted by molar-refractivity contribution is 6.33. The lowest BCUT2D eigenvalue weighted by Crippen LogP contribution is -2.58. The van der Waals surface area contributed by atoms with Crippen molar-refractivity contribution in [3.05, 3.63) is 64.8 Å². The first kappa shape index (κ1) is 24.8. The third-order valence-corrected chi connectivity index (χ3v) is 6.45. The van der Waals surface area contributed by atoms with Gasteiger partial charge in [0.15, 0.2) is 35.3 Å². The number of nitrogens with zero attached hydrogens (tertiary/aromatic N) is 1. The number of phenolic OH excluding ortho intramolecular Hbond substituents is 1. The van der Waals surface area contributed by atoms with Crippen molar-refractivity contribution in [1.29, 1.82) is 0 Å². The number of nitrogens with two attached hydrogens (primary N) is 1. The van der Waals surface area contributed by atoms with Crippen LogP contribution in [0.3, 0.4) is 0 Å². The van der Waals surface area contributed by atoms with Gasteiger partial charge < -0.3 is 30.2 Å². The topological polar surface area (TPSA) is 158 Å². The maximum absolute atomic E-state index is 15.3. The minimum Gasteiger partial charge on any atom is -0.504 e. The molecule has 1 aliphatic carbocycles. The van der Waals surface area contributed by atoms with Crippen molar-refractivity contribution in [3.8, 4) is 11.5 Å². The molecule has 2 aromatic carbocycles. The van der Waals surface area contributed by atoms with Crippen LogP contribution in [0.1, 0.15) is 45.2 Å². The molecule has 0 spiro atoms. The molecule has 4 N–H and O–H groups in total. The van der Waals surface area contributed by atoms with Gasteiger partial charge in [-0.05, 0) is 13.0 Å². The Labute approximate surface area is 209 Å². The van der Waals surface area contributed by atoms with Gasteiger partial charge in [0.1, 0.15) is 11.6 Å². The van der Waals surface area contributed by atoms with E-state index in [1.54, 1.807) is 18.2 Å². The second kappa shape index (κ2) is 9.51. The van der Waals surface area contributed by atoms with Gasteiger partial charge in [-0.25, -0.2) is 4.39 Å². The number of benzene rings is 2. The van der Waals surface area contributed by atoms with E-state index in [9.17, 15) is 24.6 Å². The molecule has 0 bridgehead atoms. The van der Waals surface area contributed by atoms with Gasteiger partial charge >= 0.3 is 5.97 Å². The first-order chi connectivity index (χ1) is 17.7. The van der Waals surface area contributed by atoms with Gasteiger partial charge in [-0.1, -0.05) is 30.3 Å². The van der Waals surface area contributed by atoms with E-state index in [0.29, 0.717) is 0 Å². The summed E-state index contributed by atoms with van der Waals surface area (Å²) in [6, 6.07) is 9.29. The number of hydrogen-bond donors (Lipinski definition) is 3. The maximum Gasteiger partial charge on any atom is 0.307 e. The fourth-order valence-corrected chi connectivity index (χ4v) is 4.67. The van der Waals surface area contributed by atoms with Crippen LogP contribution < -0.4 is 10.5 Å². The molecule has 1 aliphatic heterocycles. The molecule has 0 radical (unpaired) electrons. The van der Waals surface area contributed by atoms with Gasteiger partial charge in [-0.2, -0.15) is 0 Å². The first-order valence-corrected chi connectivity index (χ1v) is 11.6. The predicted octanol–water partition coefficient (Wildman–Crippen LogP) is 1.80. The molecule has 1 fully saturated rings. The van der Waals surface area contributed by atoms with Crippen LogP contribution in [0.25, 0.3) is 10.9 Å². The Bertz CT molecular complexity index is 1430. The van der Waals surface area contributed by atoms with Crippen LogP contribution >= 0.6 is 0 Å². The monoisotopic (exact) mass is 510 g/mol. The van der Waals surface area contributed by atoms with Crippen molar-refractivity contribution < 1.29 is 43.2 Å². The van der Waals surface area contributed by atoms with Crippen LogP contribution in [0.5, 0.6) is 11.5 Å². The number of rotatable bonds is 5. The highest BCUT2D eigenvalue weighted by atomic mass is 19.1. The average Bonchev–Trinajstić information content (AvgIpc) is 2.89. The Hall–Kier alpha value is -3.93. The summed E-state index contributed by atoms with van der Waals surface area (Å²) in [5.74, 6) is -2.91. The second-order valence-corrected chi connectivity index (χ2v) is 8.79. The van der Waals surface area contributed by atoms with E-state index in [1.807, 2.05) is 0 Å². The molecular formula is C26H23FN2O8. The molecule has 2 aliphatic rings. The quantitative estimate of drug-likeness (QED) is 0.338. The highest BCUT2D eigenvalue weighted by Gasteiger charge is 2.48. The molecule has 5 rings (SSSR count). The zero-order valence-electron chi connectivity index (χ0n) is 19.6. The zero-order valence-corrected chi connectivity index (χ0v) is 19.6. The number of ketones is 2. The molecular weight excluding hydrogens is 487 g/mol. The van der Waals surface area contributed by atoms with Gasteiger partial charge in [0.2, 0.25) is 6.29 Å². The summed E-state index contributed by atoms with van der Waals surface area (Å²) in [5, 5.41) is 21.9. The molecule has 0 amide bonds. The molecule has 11 heteroatoms. The Balaban J connectivity index is 1.55. The molecule has 0 unspecified atom stereocenters. The largest absolute Gasteiger partial charge is 0.504 e. The third kappa shape index (κ3) is 4.01. The van der Waals surface area contributed by atoms with E-state index < -0.39 is 54.1 Å². The smallest absolute Gasteiger partial charge is 0.307 e. The Morgan fingerprint density at radius 3 is 2.49 bits per heavy atom. The van der Waals surface area contributed by atoms with E-state index in [4.69, 9.17) is 19.9 Å². The number of fused-ring (bicyclic) bond motifs is 4. The normalized spacial score (nSPS) is 24.9. The summed E-state index contributed by atoms with van der Waals surface area (Å²) in [6.07, 6.45) is -6.85. The molecule has 192 valence electrons. The lowest BCUT2D eigenvalue weighted by Gasteiger charge is -2.39. The van der Waals surface area contributed by atoms with Crippen molar-refractivity contribution in [3.63, 3.8) is 0 Å². The van der Waals surface area contributed by atoms with Crippen molar-refractivity contribution in [2.24, 2.45) is 5.73 Å². The number of ether oxygens (including phenoxy) is 3. The highest BCUT2D eigenvalue weighted by Crippen LogP contribution is 2.45. The SMILES string of the molecule is C[C@@H]1O[C@@H](Oc2c(O)c3c(c4cccnc24)C(=O)c2ccccc2C3=O)[C@H](F)[C@H](O)[C@@H]1OC(=O)CCN. The number of halogens is 1. The van der Waals surface area contributed by atoms with Crippen molar-refractivity contribution in [1.82, 2.24) is 4.98 Å². The van der Waals surface area contributed by atoms with Gasteiger partial charge in [-0.3, -0.25) is 19.4 Å². The molecule has 37 heavy (non-hydrogen) atoms. The fourth-order valence-electron chi connectivity index (χ4n) is 4.67. The summed E-state index contributed by atoms with van der Waals surface area (Å²) in [7, 11) is 0. The summed E-state index contributed by atoms with van der Waals surface area (Å²) < 4.78 is 31.6. The number of carbonyl (C=O) groups excluding carboxylic acids is 3. The maximum atomic E-state index is 15.3. The predicted molar refractivity (Wildman–Crippen MR) is 126 cm³/mol. The molecule has 0 saturated carbocycles. The number of aliphatic hydroxyl groups is 1. The van der Waals surface area contributed by atoms with Crippen LogP contribution in [-0.2, 0) is 14.3 Å². The number of phenols is 1. The Kier molecular flexibility index (Phi) is 6.36. The second-order valence-electron chi connectivity index (χ2n) is 8.79. The number of aliphatic hydroxyl groups excluding tert-OH is 1. The third-order valence-electron chi connectivity index (χ3n) is 6.45. The minimum absolute atomic E-state index is 0.00581. The van der Waals surface area contributed by atoms with Crippen molar-refractivity contribution in [2.45, 2.75) is 44.1 Å². The van der Waals surface area contributed by atoms with Gasteiger partial charge in [0.25, 0.3) is 0 Å². The van der Waals surface area contributed by atoms with Crippen molar-refractivity contribution in [2.75, 3.05) is 6.54 Å². The van der Waals surface area contributed by atoms with Crippen molar-refractivity contribution >= 4 is 28.4 Å². The number of aromatic hydroxyl groups is 1. The van der Waals surface area contributed by atoms with E-state index in [-0.39, 0.29) is 51.9 Å². The van der Waals surface area contributed by atoms with E-state index >= 15 is 4.39 Å². The number of pyridine rings is 1. The van der Waals surface area contributed by atoms with Gasteiger partial charge in [-0.15, -0.1) is 0 Å². The van der Waals surface area contributed by atoms with Crippen LogP contribution in [-0.4, -0.2) is 70.1 Å². The van der Waals surface area contributed by atoms with E-state index in [2.05, 4.69) is 4.98 Å². The minimum atomic E-state index is -2.21. The first-order valence-electron chi connectivity index (χ1n) is 11.6. The Morgan fingerprint density at radius 2 is 1.81 bits per heavy atom. The Morgan fingerprint density at radius 1 is 1.14 bits per heavy atom.